The Labute approximate surface area is 128 Å². The number of rotatable bonds is 5. The molecule has 3 nitrogen and oxygen atoms in total. The molecular formula is C16H20BrNO2. The van der Waals surface area contributed by atoms with E-state index in [4.69, 9.17) is 0 Å². The summed E-state index contributed by atoms with van der Waals surface area (Å²) in [5.74, 6) is -0.191. The molecule has 0 fully saturated rings. The van der Waals surface area contributed by atoms with Gasteiger partial charge in [0.25, 0.3) is 11.7 Å². The molecule has 1 atom stereocenters. The van der Waals surface area contributed by atoms with Gasteiger partial charge in [-0.15, -0.1) is 0 Å². The SMILES string of the molecule is Cc1ccc(C)c2c1C(=O)C(=O)N2CCC(C)CCBr. The first kappa shape index (κ1) is 15.2. The molecule has 1 aromatic carbocycles. The zero-order chi connectivity index (χ0) is 14.9. The molecule has 0 spiro atoms. The maximum absolute atomic E-state index is 12.2. The van der Waals surface area contributed by atoms with Gasteiger partial charge < -0.3 is 4.90 Å². The van der Waals surface area contributed by atoms with Crippen molar-refractivity contribution in [3.8, 4) is 0 Å². The molecule has 20 heavy (non-hydrogen) atoms. The summed E-state index contributed by atoms with van der Waals surface area (Å²) in [7, 11) is 0. The number of anilines is 1. The predicted molar refractivity (Wildman–Crippen MR) is 84.8 cm³/mol. The maximum atomic E-state index is 12.2. The average Bonchev–Trinajstić information content (AvgIpc) is 2.66. The fourth-order valence-electron chi connectivity index (χ4n) is 2.66. The Kier molecular flexibility index (Phi) is 4.63. The van der Waals surface area contributed by atoms with Gasteiger partial charge in [0.2, 0.25) is 0 Å². The van der Waals surface area contributed by atoms with E-state index in [1.54, 1.807) is 4.90 Å². The molecule has 0 bridgehead atoms. The lowest BCUT2D eigenvalue weighted by atomic mass is 10.0. The molecule has 4 heteroatoms. The fourth-order valence-corrected chi connectivity index (χ4v) is 3.44. The van der Waals surface area contributed by atoms with E-state index in [9.17, 15) is 9.59 Å². The van der Waals surface area contributed by atoms with E-state index in [0.29, 0.717) is 18.0 Å². The second-order valence-corrected chi connectivity index (χ2v) is 6.37. The molecule has 2 rings (SSSR count). The highest BCUT2D eigenvalue weighted by molar-refractivity contribution is 9.09. The summed E-state index contributed by atoms with van der Waals surface area (Å²) in [6.07, 6.45) is 1.99. The van der Waals surface area contributed by atoms with E-state index in [1.807, 2.05) is 26.0 Å². The number of amides is 1. The van der Waals surface area contributed by atoms with Crippen molar-refractivity contribution in [2.24, 2.45) is 5.92 Å². The molecule has 0 radical (unpaired) electrons. The van der Waals surface area contributed by atoms with Crippen LogP contribution >= 0.6 is 15.9 Å². The summed E-state index contributed by atoms with van der Waals surface area (Å²) >= 11 is 3.44. The standard InChI is InChI=1S/C16H20BrNO2/c1-10(6-8-17)7-9-18-14-12(3)5-4-11(2)13(14)15(19)16(18)20/h4-5,10H,6-9H2,1-3H3. The van der Waals surface area contributed by atoms with Gasteiger partial charge in [-0.3, -0.25) is 9.59 Å². The lowest BCUT2D eigenvalue weighted by molar-refractivity contribution is -0.114. The molecule has 0 saturated heterocycles. The van der Waals surface area contributed by atoms with Crippen molar-refractivity contribution >= 4 is 33.3 Å². The molecule has 1 aromatic rings. The van der Waals surface area contributed by atoms with Crippen LogP contribution in [0.3, 0.4) is 0 Å². The average molecular weight is 338 g/mol. The number of halogens is 1. The number of carbonyl (C=O) groups excluding carboxylic acids is 2. The number of aryl methyl sites for hydroxylation is 2. The molecule has 1 heterocycles. The topological polar surface area (TPSA) is 37.4 Å². The van der Waals surface area contributed by atoms with Crippen LogP contribution in [0, 0.1) is 19.8 Å². The van der Waals surface area contributed by atoms with Crippen LogP contribution < -0.4 is 4.90 Å². The van der Waals surface area contributed by atoms with Crippen molar-refractivity contribution in [2.45, 2.75) is 33.6 Å². The zero-order valence-electron chi connectivity index (χ0n) is 12.2. The Hall–Kier alpha value is -1.16. The van der Waals surface area contributed by atoms with Crippen LogP contribution in [0.15, 0.2) is 12.1 Å². The number of benzene rings is 1. The minimum atomic E-state index is -0.372. The van der Waals surface area contributed by atoms with Gasteiger partial charge in [0.1, 0.15) is 0 Å². The Morgan fingerprint density at radius 3 is 2.45 bits per heavy atom. The molecule has 1 amide bonds. The van der Waals surface area contributed by atoms with E-state index < -0.39 is 0 Å². The molecule has 0 aliphatic carbocycles. The van der Waals surface area contributed by atoms with Crippen LogP contribution in [0.5, 0.6) is 0 Å². The van der Waals surface area contributed by atoms with E-state index >= 15 is 0 Å². The third kappa shape index (κ3) is 2.66. The van der Waals surface area contributed by atoms with Gasteiger partial charge >= 0.3 is 0 Å². The lowest BCUT2D eigenvalue weighted by Crippen LogP contribution is -2.31. The van der Waals surface area contributed by atoms with Crippen LogP contribution in [-0.4, -0.2) is 23.6 Å². The van der Waals surface area contributed by atoms with Gasteiger partial charge in [0.05, 0.1) is 11.3 Å². The second-order valence-electron chi connectivity index (χ2n) is 5.58. The van der Waals surface area contributed by atoms with Gasteiger partial charge in [0.15, 0.2) is 0 Å². The normalized spacial score (nSPS) is 15.7. The van der Waals surface area contributed by atoms with Crippen molar-refractivity contribution < 1.29 is 9.59 Å². The zero-order valence-corrected chi connectivity index (χ0v) is 13.8. The van der Waals surface area contributed by atoms with Crippen LogP contribution in [0.2, 0.25) is 0 Å². The highest BCUT2D eigenvalue weighted by Crippen LogP contribution is 2.35. The minimum Gasteiger partial charge on any atom is -0.304 e. The first-order valence-electron chi connectivity index (χ1n) is 6.99. The Balaban J connectivity index is 2.27. The number of fused-ring (bicyclic) bond motifs is 1. The summed E-state index contributed by atoms with van der Waals surface area (Å²) in [5.41, 5.74) is 3.31. The van der Waals surface area contributed by atoms with Crippen molar-refractivity contribution in [3.63, 3.8) is 0 Å². The van der Waals surface area contributed by atoms with Crippen molar-refractivity contribution in [3.05, 3.63) is 28.8 Å². The highest BCUT2D eigenvalue weighted by Gasteiger charge is 2.37. The highest BCUT2D eigenvalue weighted by atomic mass is 79.9. The van der Waals surface area contributed by atoms with E-state index in [-0.39, 0.29) is 11.7 Å². The third-order valence-corrected chi connectivity index (χ3v) is 4.43. The van der Waals surface area contributed by atoms with Gasteiger partial charge in [-0.1, -0.05) is 35.0 Å². The quantitative estimate of drug-likeness (QED) is 0.607. The van der Waals surface area contributed by atoms with E-state index in [0.717, 1.165) is 35.0 Å². The van der Waals surface area contributed by atoms with E-state index in [2.05, 4.69) is 22.9 Å². The van der Waals surface area contributed by atoms with Crippen LogP contribution in [0.1, 0.15) is 41.3 Å². The number of hydrogen-bond acceptors (Lipinski definition) is 2. The molecule has 1 unspecified atom stereocenters. The monoisotopic (exact) mass is 337 g/mol. The lowest BCUT2D eigenvalue weighted by Gasteiger charge is -2.20. The van der Waals surface area contributed by atoms with Crippen molar-refractivity contribution in [1.82, 2.24) is 0 Å². The van der Waals surface area contributed by atoms with Gasteiger partial charge in [-0.25, -0.2) is 0 Å². The van der Waals surface area contributed by atoms with Gasteiger partial charge in [-0.2, -0.15) is 0 Å². The molecule has 0 saturated carbocycles. The molecule has 1 aliphatic rings. The Bertz CT molecular complexity index is 554. The first-order valence-corrected chi connectivity index (χ1v) is 8.11. The van der Waals surface area contributed by atoms with Gasteiger partial charge in [-0.05, 0) is 43.7 Å². The molecule has 108 valence electrons. The third-order valence-electron chi connectivity index (χ3n) is 3.97. The summed E-state index contributed by atoms with van der Waals surface area (Å²) < 4.78 is 0. The van der Waals surface area contributed by atoms with Crippen LogP contribution in [0.4, 0.5) is 5.69 Å². The molecule has 0 aromatic heterocycles. The molecule has 1 aliphatic heterocycles. The smallest absolute Gasteiger partial charge is 0.299 e. The maximum Gasteiger partial charge on any atom is 0.299 e. The fraction of sp³-hybridized carbons (Fsp3) is 0.500. The second kappa shape index (κ2) is 6.08. The molecule has 0 N–H and O–H groups in total. The number of Topliss-reactive ketones (excluding diaryl/α,β-unsaturated/α-hetero) is 1. The Morgan fingerprint density at radius 2 is 1.80 bits per heavy atom. The summed E-state index contributed by atoms with van der Waals surface area (Å²) in [6.45, 7) is 6.64. The summed E-state index contributed by atoms with van der Waals surface area (Å²) in [6, 6.07) is 3.89. The number of nitrogens with zero attached hydrogens (tertiary/aromatic N) is 1. The number of carbonyl (C=O) groups is 2. The van der Waals surface area contributed by atoms with Crippen molar-refractivity contribution in [1.29, 1.82) is 0 Å². The minimum absolute atomic E-state index is 0.352. The van der Waals surface area contributed by atoms with Crippen molar-refractivity contribution in [2.75, 3.05) is 16.8 Å². The molecular weight excluding hydrogens is 318 g/mol. The Morgan fingerprint density at radius 1 is 1.15 bits per heavy atom. The number of hydrogen-bond donors (Lipinski definition) is 0. The first-order chi connectivity index (χ1) is 9.47. The predicted octanol–water partition coefficient (Wildman–Crippen LogP) is 3.64. The number of ketones is 1. The summed E-state index contributed by atoms with van der Waals surface area (Å²) in [4.78, 5) is 26.0. The van der Waals surface area contributed by atoms with Crippen LogP contribution in [0.25, 0.3) is 0 Å². The van der Waals surface area contributed by atoms with E-state index in [1.165, 1.54) is 0 Å². The van der Waals surface area contributed by atoms with Gasteiger partial charge in [0, 0.05) is 11.9 Å². The summed E-state index contributed by atoms with van der Waals surface area (Å²) in [5, 5.41) is 0.968. The van der Waals surface area contributed by atoms with Crippen LogP contribution in [-0.2, 0) is 4.79 Å². The largest absolute Gasteiger partial charge is 0.304 e. The number of alkyl halides is 1.